The summed E-state index contributed by atoms with van der Waals surface area (Å²) in [7, 11) is 0. The van der Waals surface area contributed by atoms with Crippen molar-refractivity contribution in [1.29, 1.82) is 0 Å². The lowest BCUT2D eigenvalue weighted by Gasteiger charge is -2.14. The maximum Gasteiger partial charge on any atom is 0.333 e. The Morgan fingerprint density at radius 1 is 0.920 bits per heavy atom. The number of unbranched alkanes of at least 4 members (excludes halogenated alkanes) is 1. The fourth-order valence-corrected chi connectivity index (χ4v) is 2.79. The first kappa shape index (κ1) is 16.8. The number of hydroxylamine groups is 2. The predicted molar refractivity (Wildman–Crippen MR) is 82.8 cm³/mol. The van der Waals surface area contributed by atoms with Gasteiger partial charge in [0.1, 0.15) is 0 Å². The highest BCUT2D eigenvalue weighted by Crippen LogP contribution is 2.22. The number of rotatable bonds is 6. The second-order valence-electron chi connectivity index (χ2n) is 5.81. The van der Waals surface area contributed by atoms with Crippen molar-refractivity contribution >= 4 is 29.6 Å². The van der Waals surface area contributed by atoms with Crippen LogP contribution in [0.15, 0.2) is 24.3 Å². The van der Waals surface area contributed by atoms with Gasteiger partial charge in [-0.05, 0) is 25.0 Å². The van der Waals surface area contributed by atoms with Gasteiger partial charge in [-0.3, -0.25) is 24.1 Å². The van der Waals surface area contributed by atoms with Gasteiger partial charge in [0, 0.05) is 25.8 Å². The summed E-state index contributed by atoms with van der Waals surface area (Å²) >= 11 is 0. The lowest BCUT2D eigenvalue weighted by molar-refractivity contribution is -0.197. The molecule has 130 valence electrons. The van der Waals surface area contributed by atoms with E-state index >= 15 is 0 Å². The molecule has 0 aromatic heterocycles. The zero-order valence-corrected chi connectivity index (χ0v) is 13.4. The van der Waals surface area contributed by atoms with Crippen molar-refractivity contribution in [1.82, 2.24) is 9.96 Å². The Labute approximate surface area is 143 Å². The van der Waals surface area contributed by atoms with Gasteiger partial charge in [0.2, 0.25) is 0 Å². The van der Waals surface area contributed by atoms with Crippen LogP contribution in [-0.4, -0.2) is 46.1 Å². The molecule has 8 heteroatoms. The van der Waals surface area contributed by atoms with Crippen LogP contribution in [0.4, 0.5) is 0 Å². The van der Waals surface area contributed by atoms with Crippen molar-refractivity contribution in [2.75, 3.05) is 6.54 Å². The largest absolute Gasteiger partial charge is 0.333 e. The minimum Gasteiger partial charge on any atom is -0.330 e. The lowest BCUT2D eigenvalue weighted by Crippen LogP contribution is -2.32. The van der Waals surface area contributed by atoms with Gasteiger partial charge in [0.25, 0.3) is 23.6 Å². The summed E-state index contributed by atoms with van der Waals surface area (Å²) in [6.45, 7) is 0.196. The highest BCUT2D eigenvalue weighted by atomic mass is 16.7. The van der Waals surface area contributed by atoms with E-state index in [1.54, 1.807) is 24.3 Å². The number of hydrogen-bond donors (Lipinski definition) is 0. The quantitative estimate of drug-likeness (QED) is 0.565. The van der Waals surface area contributed by atoms with Gasteiger partial charge in [-0.25, -0.2) is 4.79 Å². The van der Waals surface area contributed by atoms with Crippen LogP contribution in [0.2, 0.25) is 0 Å². The van der Waals surface area contributed by atoms with Crippen LogP contribution < -0.4 is 0 Å². The topological polar surface area (TPSA) is 101 Å². The van der Waals surface area contributed by atoms with Gasteiger partial charge < -0.3 is 4.84 Å². The number of carbonyl (C=O) groups is 5. The molecule has 1 aromatic rings. The zero-order valence-electron chi connectivity index (χ0n) is 13.4. The third-order valence-electron chi connectivity index (χ3n) is 4.09. The number of fused-ring (bicyclic) bond motifs is 1. The van der Waals surface area contributed by atoms with E-state index in [4.69, 9.17) is 4.84 Å². The van der Waals surface area contributed by atoms with E-state index in [1.165, 1.54) is 0 Å². The smallest absolute Gasteiger partial charge is 0.330 e. The van der Waals surface area contributed by atoms with Crippen molar-refractivity contribution in [3.63, 3.8) is 0 Å². The second-order valence-corrected chi connectivity index (χ2v) is 5.81. The summed E-state index contributed by atoms with van der Waals surface area (Å²) in [5.41, 5.74) is 0.774. The molecule has 2 aliphatic rings. The summed E-state index contributed by atoms with van der Waals surface area (Å²) in [6, 6.07) is 6.61. The Kier molecular flexibility index (Phi) is 4.60. The SMILES string of the molecule is O=C(CCCCN1C(=O)c2ccccc2C1=O)ON1C(=O)CCC1=O. The Hall–Kier alpha value is -3.03. The van der Waals surface area contributed by atoms with Gasteiger partial charge in [-0.2, -0.15) is 0 Å². The third-order valence-corrected chi connectivity index (χ3v) is 4.09. The highest BCUT2D eigenvalue weighted by molar-refractivity contribution is 6.21. The normalized spacial score (nSPS) is 16.6. The van der Waals surface area contributed by atoms with Gasteiger partial charge in [0.05, 0.1) is 11.1 Å². The number of benzene rings is 1. The summed E-state index contributed by atoms with van der Waals surface area (Å²) in [5.74, 6) is -2.41. The van der Waals surface area contributed by atoms with Gasteiger partial charge >= 0.3 is 5.97 Å². The van der Waals surface area contributed by atoms with E-state index in [0.29, 0.717) is 29.0 Å². The molecule has 4 amide bonds. The molecule has 0 atom stereocenters. The Morgan fingerprint density at radius 3 is 2.04 bits per heavy atom. The molecule has 0 N–H and O–H groups in total. The van der Waals surface area contributed by atoms with Crippen molar-refractivity contribution < 1.29 is 28.8 Å². The highest BCUT2D eigenvalue weighted by Gasteiger charge is 2.35. The molecule has 8 nitrogen and oxygen atoms in total. The molecular formula is C17H16N2O6. The molecule has 0 saturated carbocycles. The molecule has 0 unspecified atom stereocenters. The minimum absolute atomic E-state index is 0.0137. The molecule has 25 heavy (non-hydrogen) atoms. The molecule has 2 aliphatic heterocycles. The molecule has 2 heterocycles. The first-order valence-corrected chi connectivity index (χ1v) is 8.01. The molecule has 0 bridgehead atoms. The lowest BCUT2D eigenvalue weighted by atomic mass is 10.1. The van der Waals surface area contributed by atoms with Crippen LogP contribution in [0.1, 0.15) is 52.8 Å². The number of imide groups is 2. The van der Waals surface area contributed by atoms with E-state index < -0.39 is 17.8 Å². The van der Waals surface area contributed by atoms with Crippen molar-refractivity contribution in [3.05, 3.63) is 35.4 Å². The van der Waals surface area contributed by atoms with E-state index in [2.05, 4.69) is 0 Å². The fraction of sp³-hybridized carbons (Fsp3) is 0.353. The van der Waals surface area contributed by atoms with Crippen molar-refractivity contribution in [3.8, 4) is 0 Å². The molecule has 1 saturated heterocycles. The van der Waals surface area contributed by atoms with E-state index in [-0.39, 0.29) is 37.6 Å². The Morgan fingerprint density at radius 2 is 1.48 bits per heavy atom. The number of amides is 4. The maximum atomic E-state index is 12.2. The van der Waals surface area contributed by atoms with E-state index in [1.807, 2.05) is 0 Å². The third kappa shape index (κ3) is 3.28. The first-order chi connectivity index (χ1) is 12.0. The van der Waals surface area contributed by atoms with Crippen LogP contribution >= 0.6 is 0 Å². The van der Waals surface area contributed by atoms with Gasteiger partial charge in [-0.15, -0.1) is 5.06 Å². The first-order valence-electron chi connectivity index (χ1n) is 8.01. The Balaban J connectivity index is 1.44. The fourth-order valence-electron chi connectivity index (χ4n) is 2.79. The molecule has 3 rings (SSSR count). The second kappa shape index (κ2) is 6.84. The summed E-state index contributed by atoms with van der Waals surface area (Å²) in [6.07, 6.45) is 0.864. The van der Waals surface area contributed by atoms with E-state index in [9.17, 15) is 24.0 Å². The predicted octanol–water partition coefficient (Wildman–Crippen LogP) is 1.06. The van der Waals surface area contributed by atoms with Crippen LogP contribution in [-0.2, 0) is 19.2 Å². The van der Waals surface area contributed by atoms with E-state index in [0.717, 1.165) is 4.90 Å². The number of carbonyl (C=O) groups excluding carboxylic acids is 5. The minimum atomic E-state index is -0.689. The number of nitrogens with zero attached hydrogens (tertiary/aromatic N) is 2. The maximum absolute atomic E-state index is 12.2. The molecule has 0 spiro atoms. The van der Waals surface area contributed by atoms with Crippen LogP contribution in [0.5, 0.6) is 0 Å². The molecule has 0 radical (unpaired) electrons. The zero-order chi connectivity index (χ0) is 18.0. The van der Waals surface area contributed by atoms with Gasteiger partial charge in [0.15, 0.2) is 0 Å². The van der Waals surface area contributed by atoms with Crippen LogP contribution in [0, 0.1) is 0 Å². The monoisotopic (exact) mass is 344 g/mol. The Bertz CT molecular complexity index is 721. The molecule has 1 fully saturated rings. The average Bonchev–Trinajstić information content (AvgIpc) is 3.04. The summed E-state index contributed by atoms with van der Waals surface area (Å²) in [5, 5.41) is 0.506. The summed E-state index contributed by atoms with van der Waals surface area (Å²) in [4.78, 5) is 64.6. The van der Waals surface area contributed by atoms with Crippen LogP contribution in [0.25, 0.3) is 0 Å². The van der Waals surface area contributed by atoms with Crippen LogP contribution in [0.3, 0.4) is 0 Å². The standard InChI is InChI=1S/C17H16N2O6/c20-13-8-9-14(21)19(13)25-15(22)7-3-4-10-18-16(23)11-5-1-2-6-12(11)17(18)24/h1-2,5-6H,3-4,7-10H2. The average molecular weight is 344 g/mol. The van der Waals surface area contributed by atoms with Crippen molar-refractivity contribution in [2.45, 2.75) is 32.1 Å². The number of hydrogen-bond acceptors (Lipinski definition) is 6. The van der Waals surface area contributed by atoms with Gasteiger partial charge in [-0.1, -0.05) is 12.1 Å². The molecule has 0 aliphatic carbocycles. The molecular weight excluding hydrogens is 328 g/mol. The van der Waals surface area contributed by atoms with Crippen molar-refractivity contribution in [2.24, 2.45) is 0 Å². The molecule has 1 aromatic carbocycles. The summed E-state index contributed by atoms with van der Waals surface area (Å²) < 4.78 is 0.